The van der Waals surface area contributed by atoms with Crippen LogP contribution in [0.1, 0.15) is 21.7 Å². The average molecular weight is 390 g/mol. The molecular formula is C17H12ClN3O2S2. The number of anilines is 1. The van der Waals surface area contributed by atoms with E-state index in [0.717, 1.165) is 32.9 Å². The number of hydrogen-bond donors (Lipinski definition) is 1. The van der Waals surface area contributed by atoms with Gasteiger partial charge in [0.2, 0.25) is 5.13 Å². The van der Waals surface area contributed by atoms with Crippen LogP contribution in [0.2, 0.25) is 5.02 Å². The maximum atomic E-state index is 12.6. The lowest BCUT2D eigenvalue weighted by atomic mass is 10.1. The van der Waals surface area contributed by atoms with Crippen LogP contribution in [0.3, 0.4) is 0 Å². The third-order valence-corrected chi connectivity index (χ3v) is 5.72. The molecule has 0 aliphatic rings. The molecule has 0 aliphatic carbocycles. The zero-order valence-electron chi connectivity index (χ0n) is 13.3. The van der Waals surface area contributed by atoms with Gasteiger partial charge in [-0.15, -0.1) is 11.3 Å². The first-order chi connectivity index (χ1) is 12.0. The van der Waals surface area contributed by atoms with E-state index in [-0.39, 0.29) is 11.7 Å². The summed E-state index contributed by atoms with van der Waals surface area (Å²) < 4.78 is 10.0. The number of rotatable bonds is 3. The van der Waals surface area contributed by atoms with Crippen LogP contribution in [0.5, 0.6) is 0 Å². The van der Waals surface area contributed by atoms with E-state index in [2.05, 4.69) is 14.7 Å². The fraction of sp³-hybridized carbons (Fsp3) is 0.118. The summed E-state index contributed by atoms with van der Waals surface area (Å²) in [5.41, 5.74) is 2.29. The third kappa shape index (κ3) is 2.95. The summed E-state index contributed by atoms with van der Waals surface area (Å²) in [6.07, 6.45) is 0. The molecule has 3 heterocycles. The molecule has 8 heteroatoms. The highest BCUT2D eigenvalue weighted by molar-refractivity contribution is 7.14. The van der Waals surface area contributed by atoms with Gasteiger partial charge in [0.15, 0.2) is 11.6 Å². The minimum atomic E-state index is -0.351. The zero-order valence-corrected chi connectivity index (χ0v) is 15.7. The van der Waals surface area contributed by atoms with E-state index >= 15 is 0 Å². The van der Waals surface area contributed by atoms with E-state index < -0.39 is 0 Å². The topological polar surface area (TPSA) is 68.0 Å². The second-order valence-electron chi connectivity index (χ2n) is 5.51. The molecule has 25 heavy (non-hydrogen) atoms. The molecule has 4 rings (SSSR count). The summed E-state index contributed by atoms with van der Waals surface area (Å²) in [5.74, 6) is 0.514. The number of aryl methyl sites for hydroxylation is 2. The molecule has 1 amide bonds. The van der Waals surface area contributed by atoms with Gasteiger partial charge in [0.05, 0.1) is 4.88 Å². The summed E-state index contributed by atoms with van der Waals surface area (Å²) in [6, 6.07) is 7.53. The summed E-state index contributed by atoms with van der Waals surface area (Å²) in [7, 11) is 0. The number of thiophene rings is 1. The molecule has 126 valence electrons. The molecule has 0 atom stereocenters. The van der Waals surface area contributed by atoms with Gasteiger partial charge in [-0.3, -0.25) is 10.1 Å². The molecule has 5 nitrogen and oxygen atoms in total. The Labute approximate surface area is 156 Å². The van der Waals surface area contributed by atoms with Gasteiger partial charge in [-0.1, -0.05) is 17.7 Å². The lowest BCUT2D eigenvalue weighted by molar-refractivity contribution is 0.0998. The quantitative estimate of drug-likeness (QED) is 0.499. The molecule has 3 aromatic heterocycles. The van der Waals surface area contributed by atoms with Crippen LogP contribution in [-0.2, 0) is 0 Å². The van der Waals surface area contributed by atoms with E-state index in [4.69, 9.17) is 16.0 Å². The highest BCUT2D eigenvalue weighted by atomic mass is 35.5. The second-order valence-corrected chi connectivity index (χ2v) is 7.62. The number of carbonyl (C=O) groups excluding carboxylic acids is 1. The van der Waals surface area contributed by atoms with Crippen molar-refractivity contribution in [3.8, 4) is 10.7 Å². The van der Waals surface area contributed by atoms with Crippen LogP contribution in [0.25, 0.3) is 21.7 Å². The molecule has 0 radical (unpaired) electrons. The van der Waals surface area contributed by atoms with Crippen molar-refractivity contribution in [3.05, 3.63) is 51.6 Å². The van der Waals surface area contributed by atoms with Gasteiger partial charge in [-0.25, -0.2) is 0 Å². The fourth-order valence-electron chi connectivity index (χ4n) is 2.49. The van der Waals surface area contributed by atoms with Crippen molar-refractivity contribution in [3.63, 3.8) is 0 Å². The molecule has 0 saturated carbocycles. The predicted octanol–water partition coefficient (Wildman–Crippen LogP) is 5.54. The van der Waals surface area contributed by atoms with Crippen molar-refractivity contribution in [1.82, 2.24) is 9.36 Å². The lowest BCUT2D eigenvalue weighted by Gasteiger charge is -1.98. The van der Waals surface area contributed by atoms with Crippen LogP contribution in [0.15, 0.2) is 34.1 Å². The Morgan fingerprint density at radius 1 is 1.32 bits per heavy atom. The Bertz CT molecular complexity index is 1080. The summed E-state index contributed by atoms with van der Waals surface area (Å²) in [5, 5.41) is 6.62. The van der Waals surface area contributed by atoms with Crippen molar-refractivity contribution in [2.24, 2.45) is 0 Å². The van der Waals surface area contributed by atoms with Gasteiger partial charge in [-0.2, -0.15) is 9.36 Å². The summed E-state index contributed by atoms with van der Waals surface area (Å²) in [4.78, 5) is 17.9. The van der Waals surface area contributed by atoms with Gasteiger partial charge in [-0.05, 0) is 43.0 Å². The molecule has 0 spiro atoms. The van der Waals surface area contributed by atoms with Crippen LogP contribution in [-0.4, -0.2) is 15.3 Å². The molecular weight excluding hydrogens is 378 g/mol. The lowest BCUT2D eigenvalue weighted by Crippen LogP contribution is -2.11. The Balaban J connectivity index is 1.63. The number of carbonyl (C=O) groups is 1. The van der Waals surface area contributed by atoms with E-state index in [1.54, 1.807) is 11.3 Å². The maximum Gasteiger partial charge on any atom is 0.293 e. The minimum Gasteiger partial charge on any atom is -0.451 e. The Morgan fingerprint density at radius 2 is 2.16 bits per heavy atom. The minimum absolute atomic E-state index is 0.254. The molecule has 0 unspecified atom stereocenters. The van der Waals surface area contributed by atoms with Crippen molar-refractivity contribution >= 4 is 56.5 Å². The van der Waals surface area contributed by atoms with Crippen LogP contribution >= 0.6 is 34.5 Å². The van der Waals surface area contributed by atoms with Crippen LogP contribution in [0.4, 0.5) is 5.13 Å². The summed E-state index contributed by atoms with van der Waals surface area (Å²) >= 11 is 8.86. The smallest absolute Gasteiger partial charge is 0.293 e. The highest BCUT2D eigenvalue weighted by Crippen LogP contribution is 2.31. The molecule has 0 fully saturated rings. The molecule has 0 aliphatic heterocycles. The number of hydrogen-bond acceptors (Lipinski definition) is 6. The molecule has 4 aromatic rings. The number of amides is 1. The number of nitrogens with one attached hydrogen (secondary N) is 1. The number of fused-ring (bicyclic) bond motifs is 1. The number of aromatic nitrogens is 2. The molecule has 1 aromatic carbocycles. The van der Waals surface area contributed by atoms with Crippen molar-refractivity contribution < 1.29 is 9.21 Å². The summed E-state index contributed by atoms with van der Waals surface area (Å²) in [6.45, 7) is 3.73. The first-order valence-electron chi connectivity index (χ1n) is 7.41. The van der Waals surface area contributed by atoms with Crippen molar-refractivity contribution in [1.29, 1.82) is 0 Å². The third-order valence-electron chi connectivity index (χ3n) is 3.81. The van der Waals surface area contributed by atoms with E-state index in [0.29, 0.717) is 21.6 Å². The van der Waals surface area contributed by atoms with Crippen molar-refractivity contribution in [2.45, 2.75) is 13.8 Å². The molecule has 0 saturated heterocycles. The first-order valence-corrected chi connectivity index (χ1v) is 9.44. The SMILES string of the molecule is Cc1cc2oc(C(=O)Nc3nc(-c4cccs4)ns3)c(C)c2cc1Cl. The standard InChI is InChI=1S/C17H12ClN3O2S2/c1-8-6-12-10(7-11(8)18)9(2)14(23-12)16(22)20-17-19-15(21-25-17)13-4-3-5-24-13/h3-7H,1-2H3,(H,19,20,21,22). The number of halogens is 1. The zero-order chi connectivity index (χ0) is 17.6. The average Bonchev–Trinajstić information content (AvgIpc) is 3.30. The molecule has 1 N–H and O–H groups in total. The van der Waals surface area contributed by atoms with E-state index in [1.807, 2.05) is 43.5 Å². The number of benzene rings is 1. The Kier molecular flexibility index (Phi) is 4.07. The van der Waals surface area contributed by atoms with E-state index in [1.165, 1.54) is 0 Å². The van der Waals surface area contributed by atoms with Gasteiger partial charge >= 0.3 is 0 Å². The highest BCUT2D eigenvalue weighted by Gasteiger charge is 2.20. The van der Waals surface area contributed by atoms with Crippen molar-refractivity contribution in [2.75, 3.05) is 5.32 Å². The Morgan fingerprint density at radius 3 is 2.92 bits per heavy atom. The van der Waals surface area contributed by atoms with Gasteiger partial charge in [0.1, 0.15) is 5.58 Å². The fourth-order valence-corrected chi connectivity index (χ4v) is 3.95. The van der Waals surface area contributed by atoms with Gasteiger partial charge < -0.3 is 4.42 Å². The van der Waals surface area contributed by atoms with Gasteiger partial charge in [0, 0.05) is 27.5 Å². The van der Waals surface area contributed by atoms with Crippen LogP contribution < -0.4 is 5.32 Å². The maximum absolute atomic E-state index is 12.6. The van der Waals surface area contributed by atoms with E-state index in [9.17, 15) is 4.79 Å². The van der Waals surface area contributed by atoms with Gasteiger partial charge in [0.25, 0.3) is 5.91 Å². The Hall–Kier alpha value is -2.22. The molecule has 0 bridgehead atoms. The second kappa shape index (κ2) is 6.25. The number of furan rings is 1. The predicted molar refractivity (Wildman–Crippen MR) is 102 cm³/mol. The first kappa shape index (κ1) is 16.3. The monoisotopic (exact) mass is 389 g/mol. The normalized spacial score (nSPS) is 11.2. The largest absolute Gasteiger partial charge is 0.451 e. The number of nitrogens with zero attached hydrogens (tertiary/aromatic N) is 2. The van der Waals surface area contributed by atoms with Crippen LogP contribution in [0, 0.1) is 13.8 Å².